The second-order valence-corrected chi connectivity index (χ2v) is 14.0. The molecule has 1 aliphatic carbocycles. The SMILES string of the molecule is C1=C(c2cc(-c3ccccc3)c(OCC3CO3)c(-c3ccccc3)c2)CCC(c2cc(-c3ccccc3)c(OCC3CO3)c(-c3ccccc3)c2)C1. The molecule has 0 aromatic heterocycles. The summed E-state index contributed by atoms with van der Waals surface area (Å²) in [5, 5.41) is 0. The van der Waals surface area contributed by atoms with E-state index in [-0.39, 0.29) is 12.2 Å². The number of ether oxygens (including phenoxy) is 4. The molecular formula is C48H42O4. The quantitative estimate of drug-likeness (QED) is 0.121. The Kier molecular flexibility index (Phi) is 9.16. The van der Waals surface area contributed by atoms with Gasteiger partial charge in [-0.15, -0.1) is 0 Å². The Balaban J connectivity index is 1.10. The van der Waals surface area contributed by atoms with Gasteiger partial charge in [-0.05, 0) is 88.4 Å². The van der Waals surface area contributed by atoms with Crippen molar-refractivity contribution < 1.29 is 18.9 Å². The smallest absolute Gasteiger partial charge is 0.135 e. The third-order valence-electron chi connectivity index (χ3n) is 10.4. The van der Waals surface area contributed by atoms with Gasteiger partial charge >= 0.3 is 0 Å². The molecule has 0 bridgehead atoms. The molecule has 0 radical (unpaired) electrons. The molecule has 6 aromatic carbocycles. The summed E-state index contributed by atoms with van der Waals surface area (Å²) in [5.74, 6) is 2.24. The van der Waals surface area contributed by atoms with Gasteiger partial charge in [-0.25, -0.2) is 0 Å². The molecule has 0 N–H and O–H groups in total. The van der Waals surface area contributed by atoms with Crippen LogP contribution in [-0.4, -0.2) is 38.6 Å². The van der Waals surface area contributed by atoms with Crippen molar-refractivity contribution in [2.24, 2.45) is 0 Å². The van der Waals surface area contributed by atoms with Crippen LogP contribution in [0.1, 0.15) is 36.3 Å². The summed E-state index contributed by atoms with van der Waals surface area (Å²) in [6.45, 7) is 2.64. The normalized spacial score (nSPS) is 19.1. The molecule has 0 saturated carbocycles. The van der Waals surface area contributed by atoms with Gasteiger partial charge in [-0.1, -0.05) is 127 Å². The van der Waals surface area contributed by atoms with Crippen molar-refractivity contribution in [3.63, 3.8) is 0 Å². The van der Waals surface area contributed by atoms with Crippen LogP contribution in [0.4, 0.5) is 0 Å². The Morgan fingerprint density at radius 3 is 1.21 bits per heavy atom. The van der Waals surface area contributed by atoms with Crippen LogP contribution in [0.25, 0.3) is 50.1 Å². The lowest BCUT2D eigenvalue weighted by molar-refractivity contribution is 0.264. The Morgan fingerprint density at radius 1 is 0.481 bits per heavy atom. The fourth-order valence-corrected chi connectivity index (χ4v) is 7.42. The van der Waals surface area contributed by atoms with E-state index in [2.05, 4.69) is 152 Å². The summed E-state index contributed by atoms with van der Waals surface area (Å²) in [4.78, 5) is 0. The molecule has 4 heteroatoms. The fourth-order valence-electron chi connectivity index (χ4n) is 7.42. The van der Waals surface area contributed by atoms with Gasteiger partial charge in [-0.2, -0.15) is 0 Å². The van der Waals surface area contributed by atoms with E-state index in [0.29, 0.717) is 19.1 Å². The first kappa shape index (κ1) is 32.5. The summed E-state index contributed by atoms with van der Waals surface area (Å²) < 4.78 is 24.3. The molecule has 258 valence electrons. The molecule has 3 atom stereocenters. The largest absolute Gasteiger partial charge is 0.489 e. The van der Waals surface area contributed by atoms with E-state index in [4.69, 9.17) is 18.9 Å². The highest BCUT2D eigenvalue weighted by Gasteiger charge is 2.28. The van der Waals surface area contributed by atoms with E-state index >= 15 is 0 Å². The second kappa shape index (κ2) is 14.7. The van der Waals surface area contributed by atoms with Gasteiger partial charge in [0.05, 0.1) is 13.2 Å². The van der Waals surface area contributed by atoms with Crippen LogP contribution in [-0.2, 0) is 9.47 Å². The maximum absolute atomic E-state index is 6.60. The van der Waals surface area contributed by atoms with E-state index in [0.717, 1.165) is 88.5 Å². The van der Waals surface area contributed by atoms with Gasteiger partial charge in [0.2, 0.25) is 0 Å². The number of hydrogen-bond acceptors (Lipinski definition) is 4. The monoisotopic (exact) mass is 682 g/mol. The molecule has 2 aliphatic heterocycles. The van der Waals surface area contributed by atoms with Crippen molar-refractivity contribution in [1.29, 1.82) is 0 Å². The first-order valence-corrected chi connectivity index (χ1v) is 18.5. The topological polar surface area (TPSA) is 43.5 Å². The third kappa shape index (κ3) is 7.18. The number of rotatable bonds is 12. The second-order valence-electron chi connectivity index (χ2n) is 14.0. The molecule has 0 amide bonds. The molecule has 6 aromatic rings. The lowest BCUT2D eigenvalue weighted by Gasteiger charge is -2.26. The van der Waals surface area contributed by atoms with E-state index in [9.17, 15) is 0 Å². The van der Waals surface area contributed by atoms with Gasteiger partial charge in [0.1, 0.15) is 36.9 Å². The van der Waals surface area contributed by atoms with Crippen molar-refractivity contribution in [1.82, 2.24) is 0 Å². The van der Waals surface area contributed by atoms with Crippen LogP contribution in [0.3, 0.4) is 0 Å². The molecule has 2 saturated heterocycles. The minimum atomic E-state index is 0.169. The molecule has 2 heterocycles. The first-order chi connectivity index (χ1) is 25.8. The van der Waals surface area contributed by atoms with E-state index in [1.165, 1.54) is 16.7 Å². The summed E-state index contributed by atoms with van der Waals surface area (Å²) in [7, 11) is 0. The third-order valence-corrected chi connectivity index (χ3v) is 10.4. The van der Waals surface area contributed by atoms with Crippen molar-refractivity contribution >= 4 is 5.57 Å². The minimum absolute atomic E-state index is 0.169. The summed E-state index contributed by atoms with van der Waals surface area (Å²) in [6, 6.07) is 52.0. The highest BCUT2D eigenvalue weighted by Crippen LogP contribution is 2.47. The Hall–Kier alpha value is -5.42. The number of hydrogen-bond donors (Lipinski definition) is 0. The molecule has 3 aliphatic rings. The van der Waals surface area contributed by atoms with Gasteiger partial charge in [0.25, 0.3) is 0 Å². The predicted octanol–water partition coefficient (Wildman–Crippen LogP) is 11.3. The zero-order valence-corrected chi connectivity index (χ0v) is 29.2. The van der Waals surface area contributed by atoms with Crippen molar-refractivity contribution in [3.05, 3.63) is 163 Å². The van der Waals surface area contributed by atoms with Crippen LogP contribution in [0.5, 0.6) is 11.5 Å². The highest BCUT2D eigenvalue weighted by molar-refractivity contribution is 5.88. The van der Waals surface area contributed by atoms with Crippen LogP contribution < -0.4 is 9.47 Å². The first-order valence-electron chi connectivity index (χ1n) is 18.5. The molecule has 9 rings (SSSR count). The lowest BCUT2D eigenvalue weighted by Crippen LogP contribution is -2.09. The minimum Gasteiger partial charge on any atom is -0.489 e. The van der Waals surface area contributed by atoms with Crippen LogP contribution >= 0.6 is 0 Å². The molecule has 2 fully saturated rings. The van der Waals surface area contributed by atoms with E-state index in [1.54, 1.807) is 0 Å². The average molecular weight is 683 g/mol. The summed E-state index contributed by atoms with van der Waals surface area (Å²) in [5.41, 5.74) is 13.1. The molecule has 52 heavy (non-hydrogen) atoms. The van der Waals surface area contributed by atoms with Gasteiger partial charge in [0.15, 0.2) is 0 Å². The maximum atomic E-state index is 6.60. The summed E-state index contributed by atoms with van der Waals surface area (Å²) in [6.07, 6.45) is 5.83. The zero-order valence-electron chi connectivity index (χ0n) is 29.2. The molecule has 4 nitrogen and oxygen atoms in total. The maximum Gasteiger partial charge on any atom is 0.135 e. The molecule has 3 unspecified atom stereocenters. The Bertz CT molecular complexity index is 2050. The average Bonchev–Trinajstić information content (AvgIpc) is 4.17. The fraction of sp³-hybridized carbons (Fsp3) is 0.208. The van der Waals surface area contributed by atoms with Gasteiger partial charge < -0.3 is 18.9 Å². The number of allylic oxidation sites excluding steroid dienone is 2. The van der Waals surface area contributed by atoms with Crippen LogP contribution in [0.2, 0.25) is 0 Å². The summed E-state index contributed by atoms with van der Waals surface area (Å²) >= 11 is 0. The molecular weight excluding hydrogens is 641 g/mol. The van der Waals surface area contributed by atoms with Crippen LogP contribution in [0, 0.1) is 0 Å². The van der Waals surface area contributed by atoms with E-state index in [1.807, 2.05) is 0 Å². The zero-order chi connectivity index (χ0) is 34.7. The number of epoxide rings is 2. The molecule has 0 spiro atoms. The van der Waals surface area contributed by atoms with Gasteiger partial charge in [-0.3, -0.25) is 0 Å². The Labute approximate surface area is 306 Å². The highest BCUT2D eigenvalue weighted by atomic mass is 16.6. The Morgan fingerprint density at radius 2 is 0.865 bits per heavy atom. The van der Waals surface area contributed by atoms with Crippen molar-refractivity contribution in [3.8, 4) is 56.0 Å². The van der Waals surface area contributed by atoms with Gasteiger partial charge in [0, 0.05) is 22.3 Å². The number of benzene rings is 6. The van der Waals surface area contributed by atoms with Crippen molar-refractivity contribution in [2.75, 3.05) is 26.4 Å². The predicted molar refractivity (Wildman–Crippen MR) is 210 cm³/mol. The lowest BCUT2D eigenvalue weighted by atomic mass is 9.80. The standard InChI is InChI=1S/C48H42O4/c1-5-13-35(14-6-1)43-25-39(26-44(36-15-7-2-8-16-36)47(43)51-31-41-29-49-41)33-21-23-34(24-22-33)40-27-45(37-17-9-3-10-18-37)48(52-32-42-30-50-42)46(28-40)38-19-11-4-12-20-38/h1-21,25-28,34,41-42H,22-24,29-32H2. The van der Waals surface area contributed by atoms with Crippen molar-refractivity contribution in [2.45, 2.75) is 37.4 Å². The van der Waals surface area contributed by atoms with E-state index < -0.39 is 0 Å². The van der Waals surface area contributed by atoms with Crippen LogP contribution in [0.15, 0.2) is 152 Å².